The van der Waals surface area contributed by atoms with Gasteiger partial charge in [-0.2, -0.15) is 13.2 Å². The Morgan fingerprint density at radius 3 is 2.39 bits per heavy atom. The molecule has 31 heavy (non-hydrogen) atoms. The molecule has 1 amide bonds. The lowest BCUT2D eigenvalue weighted by atomic mass is 9.89. The van der Waals surface area contributed by atoms with Gasteiger partial charge in [-0.05, 0) is 60.4 Å². The number of alkyl halides is 3. The molecule has 1 saturated heterocycles. The van der Waals surface area contributed by atoms with Crippen LogP contribution in [0.3, 0.4) is 0 Å². The van der Waals surface area contributed by atoms with Gasteiger partial charge in [0.1, 0.15) is 0 Å². The second kappa shape index (κ2) is 8.41. The Morgan fingerprint density at radius 1 is 1.03 bits per heavy atom. The van der Waals surface area contributed by atoms with Crippen molar-refractivity contribution in [3.8, 4) is 17.0 Å². The number of benzene rings is 2. The molecule has 4 rings (SSSR count). The highest BCUT2D eigenvalue weighted by Gasteiger charge is 2.33. The number of methoxy groups -OCH3 is 1. The molecule has 1 atom stereocenters. The molecule has 0 radical (unpaired) electrons. The first-order valence-corrected chi connectivity index (χ1v) is 9.96. The molecule has 2 heterocycles. The van der Waals surface area contributed by atoms with Crippen LogP contribution in [0.1, 0.15) is 29.9 Å². The Morgan fingerprint density at radius 2 is 1.74 bits per heavy atom. The summed E-state index contributed by atoms with van der Waals surface area (Å²) in [4.78, 5) is 19.0. The van der Waals surface area contributed by atoms with Gasteiger partial charge >= 0.3 is 6.18 Å². The lowest BCUT2D eigenvalue weighted by Gasteiger charge is -2.32. The molecular formula is C24H21F3N2O2. The molecule has 3 aromatic rings. The van der Waals surface area contributed by atoms with Crippen LogP contribution in [-0.2, 0) is 11.0 Å². The summed E-state index contributed by atoms with van der Waals surface area (Å²) in [5.41, 5.74) is 2.42. The topological polar surface area (TPSA) is 42.4 Å². The zero-order valence-electron chi connectivity index (χ0n) is 16.9. The molecular weight excluding hydrogens is 405 g/mol. The third kappa shape index (κ3) is 4.26. The van der Waals surface area contributed by atoms with Gasteiger partial charge in [-0.15, -0.1) is 0 Å². The Kier molecular flexibility index (Phi) is 5.67. The third-order valence-corrected chi connectivity index (χ3v) is 5.53. The van der Waals surface area contributed by atoms with E-state index in [4.69, 9.17) is 4.74 Å². The summed E-state index contributed by atoms with van der Waals surface area (Å²) >= 11 is 0. The summed E-state index contributed by atoms with van der Waals surface area (Å²) in [7, 11) is 1.56. The van der Waals surface area contributed by atoms with Crippen molar-refractivity contribution in [2.75, 3.05) is 18.6 Å². The largest absolute Gasteiger partial charge is 0.481 e. The number of anilines is 1. The lowest BCUT2D eigenvalue weighted by Crippen LogP contribution is -2.40. The summed E-state index contributed by atoms with van der Waals surface area (Å²) in [6, 6.07) is 16.2. The van der Waals surface area contributed by atoms with Gasteiger partial charge < -0.3 is 9.64 Å². The molecule has 160 valence electrons. The number of piperidine rings is 1. The molecule has 2 aromatic carbocycles. The van der Waals surface area contributed by atoms with Gasteiger partial charge in [0.2, 0.25) is 11.8 Å². The average molecular weight is 426 g/mol. The number of halogens is 3. The number of hydrogen-bond donors (Lipinski definition) is 0. The lowest BCUT2D eigenvalue weighted by molar-refractivity contribution is -0.137. The van der Waals surface area contributed by atoms with Crippen LogP contribution in [0.4, 0.5) is 18.9 Å². The van der Waals surface area contributed by atoms with Gasteiger partial charge in [0.15, 0.2) is 0 Å². The van der Waals surface area contributed by atoms with Crippen LogP contribution < -0.4 is 9.64 Å². The van der Waals surface area contributed by atoms with Crippen molar-refractivity contribution in [1.82, 2.24) is 4.98 Å². The van der Waals surface area contributed by atoms with Crippen molar-refractivity contribution >= 4 is 11.6 Å². The highest BCUT2D eigenvalue weighted by molar-refractivity contribution is 5.99. The molecule has 0 aliphatic carbocycles. The van der Waals surface area contributed by atoms with Crippen molar-refractivity contribution in [2.24, 2.45) is 0 Å². The SMILES string of the molecule is COc1ncccc1-c1ccc(N2CCCC(c3ccc(C(F)(F)F)cc3)C2=O)cc1. The number of ether oxygens (including phenoxy) is 1. The van der Waals surface area contributed by atoms with E-state index in [9.17, 15) is 18.0 Å². The minimum Gasteiger partial charge on any atom is -0.481 e. The van der Waals surface area contributed by atoms with Crippen LogP contribution in [0, 0.1) is 0 Å². The maximum atomic E-state index is 13.1. The first kappa shape index (κ1) is 20.9. The van der Waals surface area contributed by atoms with Gasteiger partial charge in [-0.25, -0.2) is 4.98 Å². The fourth-order valence-electron chi connectivity index (χ4n) is 3.94. The van der Waals surface area contributed by atoms with E-state index >= 15 is 0 Å². The van der Waals surface area contributed by atoms with E-state index in [0.717, 1.165) is 35.4 Å². The third-order valence-electron chi connectivity index (χ3n) is 5.53. The molecule has 1 aliphatic heterocycles. The number of carbonyl (C=O) groups excluding carboxylic acids is 1. The normalized spacial score (nSPS) is 17.0. The number of amides is 1. The highest BCUT2D eigenvalue weighted by Crippen LogP contribution is 2.35. The molecule has 0 bridgehead atoms. The maximum absolute atomic E-state index is 13.1. The number of hydrogen-bond acceptors (Lipinski definition) is 3. The summed E-state index contributed by atoms with van der Waals surface area (Å²) in [5, 5.41) is 0. The van der Waals surface area contributed by atoms with Gasteiger partial charge in [0.05, 0.1) is 18.6 Å². The van der Waals surface area contributed by atoms with Crippen molar-refractivity contribution in [1.29, 1.82) is 0 Å². The molecule has 1 aromatic heterocycles. The predicted molar refractivity (Wildman–Crippen MR) is 112 cm³/mol. The number of pyridine rings is 1. The van der Waals surface area contributed by atoms with Crippen LogP contribution in [0.5, 0.6) is 5.88 Å². The minimum absolute atomic E-state index is 0.0993. The monoisotopic (exact) mass is 426 g/mol. The molecule has 0 N–H and O–H groups in total. The van der Waals surface area contributed by atoms with Gasteiger partial charge in [-0.3, -0.25) is 4.79 Å². The summed E-state index contributed by atoms with van der Waals surface area (Å²) in [6.07, 6.45) is -1.34. The maximum Gasteiger partial charge on any atom is 0.416 e. The van der Waals surface area contributed by atoms with E-state index in [1.165, 1.54) is 12.1 Å². The number of carbonyl (C=O) groups is 1. The molecule has 7 heteroatoms. The fraction of sp³-hybridized carbons (Fsp3) is 0.250. The van der Waals surface area contributed by atoms with Crippen molar-refractivity contribution in [3.05, 3.63) is 78.0 Å². The molecule has 0 spiro atoms. The van der Waals surface area contributed by atoms with E-state index < -0.39 is 17.7 Å². The van der Waals surface area contributed by atoms with Crippen LogP contribution in [0.25, 0.3) is 11.1 Å². The van der Waals surface area contributed by atoms with Crippen LogP contribution in [-0.4, -0.2) is 24.5 Å². The van der Waals surface area contributed by atoms with E-state index in [-0.39, 0.29) is 5.91 Å². The highest BCUT2D eigenvalue weighted by atomic mass is 19.4. The zero-order chi connectivity index (χ0) is 22.0. The Hall–Kier alpha value is -3.35. The first-order chi connectivity index (χ1) is 14.9. The first-order valence-electron chi connectivity index (χ1n) is 9.96. The van der Waals surface area contributed by atoms with Gasteiger partial charge in [-0.1, -0.05) is 24.3 Å². The minimum atomic E-state index is -4.39. The van der Waals surface area contributed by atoms with Crippen molar-refractivity contribution < 1.29 is 22.7 Å². The quantitative estimate of drug-likeness (QED) is 0.539. The van der Waals surface area contributed by atoms with E-state index in [1.54, 1.807) is 18.2 Å². The van der Waals surface area contributed by atoms with E-state index in [1.807, 2.05) is 36.4 Å². The standard InChI is InChI=1S/C24H21F3N2O2/c1-31-22-20(4-2-14-28-22)16-8-12-19(13-9-16)29-15-3-5-21(23(29)30)17-6-10-18(11-7-17)24(25,26)27/h2,4,6-14,21H,3,5,15H2,1H3. The number of rotatable bonds is 4. The predicted octanol–water partition coefficient (Wildman–Crippen LogP) is 5.69. The Bertz CT molecular complexity index is 1060. The summed E-state index contributed by atoms with van der Waals surface area (Å²) in [5.74, 6) is -0.0292. The fourth-order valence-corrected chi connectivity index (χ4v) is 3.94. The van der Waals surface area contributed by atoms with Gasteiger partial charge in [0, 0.05) is 24.0 Å². The number of nitrogens with zero attached hydrogens (tertiary/aromatic N) is 2. The smallest absolute Gasteiger partial charge is 0.416 e. The van der Waals surface area contributed by atoms with Crippen LogP contribution >= 0.6 is 0 Å². The number of aromatic nitrogens is 1. The molecule has 0 saturated carbocycles. The second-order valence-corrected chi connectivity index (χ2v) is 7.41. The Labute approximate surface area is 178 Å². The summed E-state index contributed by atoms with van der Waals surface area (Å²) in [6.45, 7) is 0.575. The molecule has 1 aliphatic rings. The van der Waals surface area contributed by atoms with E-state index in [2.05, 4.69) is 4.98 Å². The zero-order valence-corrected chi connectivity index (χ0v) is 16.9. The van der Waals surface area contributed by atoms with Crippen molar-refractivity contribution in [3.63, 3.8) is 0 Å². The van der Waals surface area contributed by atoms with Crippen LogP contribution in [0.15, 0.2) is 66.9 Å². The van der Waals surface area contributed by atoms with Gasteiger partial charge in [0.25, 0.3) is 0 Å². The second-order valence-electron chi connectivity index (χ2n) is 7.41. The average Bonchev–Trinajstić information content (AvgIpc) is 2.79. The molecule has 1 fully saturated rings. The molecule has 4 nitrogen and oxygen atoms in total. The van der Waals surface area contributed by atoms with E-state index in [0.29, 0.717) is 24.4 Å². The van der Waals surface area contributed by atoms with Crippen LogP contribution in [0.2, 0.25) is 0 Å². The Balaban J connectivity index is 1.55. The summed E-state index contributed by atoms with van der Waals surface area (Å²) < 4.78 is 43.8. The molecule has 1 unspecified atom stereocenters. The van der Waals surface area contributed by atoms with Crippen molar-refractivity contribution in [2.45, 2.75) is 24.9 Å².